The first-order valence-corrected chi connectivity index (χ1v) is 8.73. The summed E-state index contributed by atoms with van der Waals surface area (Å²) in [6.07, 6.45) is 0.785. The molecular formula is C22H22O. The number of Topliss-reactive ketones (excluding diaryl/α,β-unsaturated/α-hetero) is 1. The van der Waals surface area contributed by atoms with Gasteiger partial charge in [0.15, 0.2) is 0 Å². The second-order valence-corrected chi connectivity index (χ2v) is 8.18. The number of fused-ring (bicyclic) bond motifs is 1. The first kappa shape index (κ1) is 13.5. The topological polar surface area (TPSA) is 17.1 Å². The van der Waals surface area contributed by atoms with Gasteiger partial charge in [-0.05, 0) is 34.3 Å². The predicted octanol–water partition coefficient (Wildman–Crippen LogP) is 4.58. The molecule has 3 aliphatic carbocycles. The summed E-state index contributed by atoms with van der Waals surface area (Å²) in [6, 6.07) is 21.7. The van der Waals surface area contributed by atoms with Gasteiger partial charge in [0.2, 0.25) is 0 Å². The van der Waals surface area contributed by atoms with E-state index in [1.165, 1.54) is 11.1 Å². The number of hydrogen-bond donors (Lipinski definition) is 0. The Morgan fingerprint density at radius 2 is 1.48 bits per heavy atom. The average molecular weight is 302 g/mol. The van der Waals surface area contributed by atoms with E-state index in [0.29, 0.717) is 23.5 Å². The fraction of sp³-hybridized carbons (Fsp3) is 0.409. The molecule has 3 fully saturated rings. The molecule has 3 saturated carbocycles. The first-order chi connectivity index (χ1) is 11.1. The minimum Gasteiger partial charge on any atom is -0.299 e. The largest absolute Gasteiger partial charge is 0.299 e. The third-order valence-corrected chi connectivity index (χ3v) is 7.19. The van der Waals surface area contributed by atoms with E-state index in [-0.39, 0.29) is 16.7 Å². The second-order valence-electron chi connectivity index (χ2n) is 8.18. The second kappa shape index (κ2) is 4.14. The van der Waals surface area contributed by atoms with Crippen LogP contribution in [0.25, 0.3) is 0 Å². The molecule has 0 unspecified atom stereocenters. The van der Waals surface area contributed by atoms with Gasteiger partial charge in [-0.2, -0.15) is 0 Å². The van der Waals surface area contributed by atoms with Crippen LogP contribution in [0, 0.1) is 23.2 Å². The average Bonchev–Trinajstić information content (AvgIpc) is 3.13. The SMILES string of the molecule is CC1(C)[C@H](c2ccccc2)[C@@H]2CC(=O)[C@@H]3[C@H]2[C@@]31c1ccccc1. The van der Waals surface area contributed by atoms with Crippen LogP contribution in [0.4, 0.5) is 0 Å². The highest BCUT2D eigenvalue weighted by molar-refractivity contribution is 5.92. The Bertz CT molecular complexity index is 776. The Labute approximate surface area is 137 Å². The number of hydrogen-bond acceptors (Lipinski definition) is 1. The highest BCUT2D eigenvalue weighted by Gasteiger charge is 2.85. The van der Waals surface area contributed by atoms with Gasteiger partial charge in [0.1, 0.15) is 5.78 Å². The van der Waals surface area contributed by atoms with E-state index in [1.54, 1.807) is 0 Å². The quantitative estimate of drug-likeness (QED) is 0.793. The van der Waals surface area contributed by atoms with Crippen LogP contribution in [-0.2, 0) is 10.2 Å². The molecule has 3 aliphatic rings. The molecule has 5 atom stereocenters. The molecule has 0 aromatic heterocycles. The summed E-state index contributed by atoms with van der Waals surface area (Å²) in [7, 11) is 0. The van der Waals surface area contributed by atoms with Crippen molar-refractivity contribution in [1.29, 1.82) is 0 Å². The maximum atomic E-state index is 12.7. The zero-order valence-electron chi connectivity index (χ0n) is 13.7. The maximum Gasteiger partial charge on any atom is 0.137 e. The van der Waals surface area contributed by atoms with Crippen molar-refractivity contribution in [2.45, 2.75) is 31.6 Å². The van der Waals surface area contributed by atoms with Gasteiger partial charge >= 0.3 is 0 Å². The van der Waals surface area contributed by atoms with E-state index in [4.69, 9.17) is 0 Å². The van der Waals surface area contributed by atoms with Crippen LogP contribution in [0.5, 0.6) is 0 Å². The number of rotatable bonds is 2. The van der Waals surface area contributed by atoms with Crippen LogP contribution >= 0.6 is 0 Å². The molecule has 0 spiro atoms. The third kappa shape index (κ3) is 1.38. The summed E-state index contributed by atoms with van der Waals surface area (Å²) in [5.41, 5.74) is 2.98. The Balaban J connectivity index is 1.71. The molecule has 5 rings (SSSR count). The molecule has 23 heavy (non-hydrogen) atoms. The molecule has 0 radical (unpaired) electrons. The van der Waals surface area contributed by atoms with Crippen LogP contribution in [0.2, 0.25) is 0 Å². The van der Waals surface area contributed by atoms with Gasteiger partial charge in [-0.25, -0.2) is 0 Å². The minimum absolute atomic E-state index is 0.0643. The third-order valence-electron chi connectivity index (χ3n) is 7.19. The summed E-state index contributed by atoms with van der Waals surface area (Å²) in [4.78, 5) is 12.7. The highest BCUT2D eigenvalue weighted by Crippen LogP contribution is 2.85. The monoisotopic (exact) mass is 302 g/mol. The number of benzene rings is 2. The Morgan fingerprint density at radius 3 is 2.13 bits per heavy atom. The van der Waals surface area contributed by atoms with Gasteiger partial charge in [0.05, 0.1) is 0 Å². The lowest BCUT2D eigenvalue weighted by atomic mass is 9.64. The van der Waals surface area contributed by atoms with Crippen LogP contribution in [0.1, 0.15) is 37.3 Å². The smallest absolute Gasteiger partial charge is 0.137 e. The molecule has 0 aliphatic heterocycles. The fourth-order valence-electron chi connectivity index (χ4n) is 6.67. The van der Waals surface area contributed by atoms with Crippen LogP contribution in [0.15, 0.2) is 60.7 Å². The molecule has 0 N–H and O–H groups in total. The summed E-state index contributed by atoms with van der Waals surface area (Å²) in [5, 5.41) is 0. The number of ketones is 1. The Hall–Kier alpha value is -1.89. The van der Waals surface area contributed by atoms with E-state index in [1.807, 2.05) is 0 Å². The van der Waals surface area contributed by atoms with Gasteiger partial charge in [0.25, 0.3) is 0 Å². The Kier molecular flexibility index (Phi) is 2.44. The lowest BCUT2D eigenvalue weighted by molar-refractivity contribution is -0.119. The van der Waals surface area contributed by atoms with Crippen molar-refractivity contribution in [2.24, 2.45) is 23.2 Å². The molecular weight excluding hydrogens is 280 g/mol. The normalized spacial score (nSPS) is 39.3. The lowest BCUT2D eigenvalue weighted by Gasteiger charge is -2.39. The number of carbonyl (C=O) groups is 1. The molecule has 116 valence electrons. The maximum absolute atomic E-state index is 12.7. The van der Waals surface area contributed by atoms with E-state index in [2.05, 4.69) is 74.5 Å². The van der Waals surface area contributed by atoms with Crippen molar-refractivity contribution in [3.63, 3.8) is 0 Å². The van der Waals surface area contributed by atoms with Crippen LogP contribution in [-0.4, -0.2) is 5.78 Å². The van der Waals surface area contributed by atoms with Gasteiger partial charge in [-0.3, -0.25) is 4.79 Å². The molecule has 0 amide bonds. The predicted molar refractivity (Wildman–Crippen MR) is 91.2 cm³/mol. The van der Waals surface area contributed by atoms with Crippen molar-refractivity contribution in [1.82, 2.24) is 0 Å². The van der Waals surface area contributed by atoms with Gasteiger partial charge < -0.3 is 0 Å². The summed E-state index contributed by atoms with van der Waals surface area (Å²) < 4.78 is 0. The van der Waals surface area contributed by atoms with Gasteiger partial charge in [-0.15, -0.1) is 0 Å². The summed E-state index contributed by atoms with van der Waals surface area (Å²) in [6.45, 7) is 4.81. The van der Waals surface area contributed by atoms with Crippen molar-refractivity contribution >= 4 is 5.78 Å². The molecule has 2 aromatic rings. The van der Waals surface area contributed by atoms with Crippen molar-refractivity contribution < 1.29 is 4.79 Å². The molecule has 0 heterocycles. The van der Waals surface area contributed by atoms with Crippen LogP contribution in [0.3, 0.4) is 0 Å². The Morgan fingerprint density at radius 1 is 0.870 bits per heavy atom. The lowest BCUT2D eigenvalue weighted by Crippen LogP contribution is -2.34. The molecule has 2 aromatic carbocycles. The molecule has 1 nitrogen and oxygen atoms in total. The summed E-state index contributed by atoms with van der Waals surface area (Å²) >= 11 is 0. The first-order valence-electron chi connectivity index (χ1n) is 8.73. The van der Waals surface area contributed by atoms with E-state index in [0.717, 1.165) is 6.42 Å². The zero-order chi connectivity index (χ0) is 15.8. The highest BCUT2D eigenvalue weighted by atomic mass is 16.1. The molecule has 0 bridgehead atoms. The minimum atomic E-state index is 0.0643. The van der Waals surface area contributed by atoms with Crippen molar-refractivity contribution in [3.05, 3.63) is 71.8 Å². The van der Waals surface area contributed by atoms with Gasteiger partial charge in [-0.1, -0.05) is 74.5 Å². The van der Waals surface area contributed by atoms with E-state index < -0.39 is 0 Å². The number of carbonyl (C=O) groups excluding carboxylic acids is 1. The van der Waals surface area contributed by atoms with Gasteiger partial charge in [0, 0.05) is 17.8 Å². The van der Waals surface area contributed by atoms with E-state index in [9.17, 15) is 4.79 Å². The zero-order valence-corrected chi connectivity index (χ0v) is 13.7. The van der Waals surface area contributed by atoms with E-state index >= 15 is 0 Å². The van der Waals surface area contributed by atoms with Crippen LogP contribution < -0.4 is 0 Å². The standard InChI is InChI=1S/C22H22O/c1-21(2)18(14-9-5-3-6-10-14)16-13-17(23)20-19(16)22(20,21)15-11-7-4-8-12-15/h3-12,16,18-20H,13H2,1-2H3/t16-,18+,19-,20+,22-/m0/s1. The summed E-state index contributed by atoms with van der Waals surface area (Å²) in [5.74, 6) is 2.33. The molecule has 0 saturated heterocycles. The molecule has 1 heteroatoms. The fourth-order valence-corrected chi connectivity index (χ4v) is 6.67. The van der Waals surface area contributed by atoms with Crippen molar-refractivity contribution in [2.75, 3.05) is 0 Å². The van der Waals surface area contributed by atoms with Crippen molar-refractivity contribution in [3.8, 4) is 0 Å².